The van der Waals surface area contributed by atoms with Gasteiger partial charge in [0.15, 0.2) is 0 Å². The predicted octanol–water partition coefficient (Wildman–Crippen LogP) is -1.80. The predicted molar refractivity (Wildman–Crippen MR) is 396 cm³/mol. The third kappa shape index (κ3) is 41.7. The summed E-state index contributed by atoms with van der Waals surface area (Å²) in [6, 6.07) is 56.2. The molecule has 4 N–H and O–H groups in total. The number of nitrogens with one attached hydrogen (secondary N) is 4. The zero-order valence-electron chi connectivity index (χ0n) is 62.0. The Bertz CT molecular complexity index is 2860. The van der Waals surface area contributed by atoms with Gasteiger partial charge in [-0.05, 0) is 106 Å². The fraction of sp³-hybridized carbons (Fsp3) is 0.450. The molecular weight excluding hydrogens is 1430 g/mol. The summed E-state index contributed by atoms with van der Waals surface area (Å²) in [5, 5.41) is 5.25. The molecule has 6 aromatic heterocycles. The Morgan fingerprint density at radius 1 is 0.181 bits per heavy atom. The van der Waals surface area contributed by atoms with Crippen molar-refractivity contribution in [3.63, 3.8) is 0 Å². The van der Waals surface area contributed by atoms with Gasteiger partial charge in [-0.2, -0.15) is 0 Å². The Kier molecular flexibility index (Phi) is 54.2. The molecule has 6 saturated heterocycles. The van der Waals surface area contributed by atoms with E-state index >= 15 is 0 Å². The SMILES string of the molecule is C1COCC[NH+]2CCOCCOCC[NH+](CCO1)CCOCCOCC2.C1COCC[NH+]2CCOCCOCC[NH+](CCO1)CCOCCOCC2.[Fe].[K+].[K+].c1ccc(-c2ccccn2)nc1.c1ccc(-c2ccccn2)nc1.c1ccc(-c2ccccn2)nc1.c1ccc2cc3ccccc3cc2c1. The second kappa shape index (κ2) is 61.9. The van der Waals surface area contributed by atoms with Crippen LogP contribution in [0.1, 0.15) is 0 Å². The van der Waals surface area contributed by atoms with Gasteiger partial charge in [-0.3, -0.25) is 29.9 Å². The molecule has 3 aromatic carbocycles. The van der Waals surface area contributed by atoms with Crippen molar-refractivity contribution < 1.29 is 196 Å². The van der Waals surface area contributed by atoms with Crippen molar-refractivity contribution in [3.05, 3.63) is 207 Å². The molecule has 0 unspecified atom stereocenters. The number of rotatable bonds is 3. The molecule has 9 aromatic rings. The zero-order valence-corrected chi connectivity index (χ0v) is 69.4. The summed E-state index contributed by atoms with van der Waals surface area (Å²) >= 11 is 0. The molecule has 0 amide bonds. The quantitative estimate of drug-likeness (QED) is 0.114. The largest absolute Gasteiger partial charge is 1.00 e. The van der Waals surface area contributed by atoms with Gasteiger partial charge in [-0.1, -0.05) is 84.9 Å². The van der Waals surface area contributed by atoms with E-state index in [2.05, 4.69) is 90.6 Å². The first-order valence-electron chi connectivity index (χ1n) is 36.4. The van der Waals surface area contributed by atoms with Crippen LogP contribution >= 0.6 is 0 Å². The minimum atomic E-state index is 0. The number of pyridine rings is 6. The molecule has 25 heteroatoms. The van der Waals surface area contributed by atoms with Crippen LogP contribution in [0.25, 0.3) is 55.7 Å². The normalized spacial score (nSPS) is 19.8. The molecule has 22 nitrogen and oxygen atoms in total. The first kappa shape index (κ1) is 91.8. The molecular formula is C80H110FeK2N10O12+6. The van der Waals surface area contributed by atoms with E-state index in [1.165, 1.54) is 41.1 Å². The first-order valence-corrected chi connectivity index (χ1v) is 36.4. The third-order valence-corrected chi connectivity index (χ3v) is 16.8. The van der Waals surface area contributed by atoms with E-state index in [-0.39, 0.29) is 120 Å². The van der Waals surface area contributed by atoms with Gasteiger partial charge in [-0.25, -0.2) is 0 Å². The Labute approximate surface area is 717 Å². The van der Waals surface area contributed by atoms with E-state index in [0.29, 0.717) is 79.3 Å². The summed E-state index contributed by atoms with van der Waals surface area (Å²) in [4.78, 5) is 30.9. The van der Waals surface area contributed by atoms with E-state index in [1.54, 1.807) is 37.2 Å². The summed E-state index contributed by atoms with van der Waals surface area (Å²) in [6.45, 7) is 28.2. The van der Waals surface area contributed by atoms with Crippen molar-refractivity contribution in [3.8, 4) is 34.2 Å². The Balaban J connectivity index is 0.000000232. The van der Waals surface area contributed by atoms with Gasteiger partial charge in [0.05, 0.1) is 193 Å². The van der Waals surface area contributed by atoms with E-state index in [4.69, 9.17) is 56.8 Å². The zero-order chi connectivity index (χ0) is 70.3. The topological polar surface area (TPSA) is 206 Å². The molecule has 6 fully saturated rings. The van der Waals surface area contributed by atoms with Crippen LogP contribution in [0.4, 0.5) is 0 Å². The van der Waals surface area contributed by atoms with Gasteiger partial charge in [0.25, 0.3) is 0 Å². The van der Waals surface area contributed by atoms with E-state index in [1.807, 2.05) is 109 Å². The fourth-order valence-electron chi connectivity index (χ4n) is 11.0. The molecule has 556 valence electrons. The molecule has 0 atom stereocenters. The van der Waals surface area contributed by atoms with E-state index in [9.17, 15) is 0 Å². The molecule has 0 saturated carbocycles. The van der Waals surface area contributed by atoms with Gasteiger partial charge in [-0.15, -0.1) is 0 Å². The third-order valence-electron chi connectivity index (χ3n) is 16.8. The number of ether oxygens (including phenoxy) is 12. The molecule has 12 heterocycles. The van der Waals surface area contributed by atoms with Crippen LogP contribution in [0.2, 0.25) is 0 Å². The summed E-state index contributed by atoms with van der Waals surface area (Å²) in [7, 11) is 0. The van der Waals surface area contributed by atoms with Crippen molar-refractivity contribution in [1.29, 1.82) is 0 Å². The van der Waals surface area contributed by atoms with Crippen molar-refractivity contribution in [1.82, 2.24) is 29.9 Å². The standard InChI is InChI=1S/2C18H36N2O6.C14H10.3C10H8N2.Fe.2K/c2*1-7-21-13-14-24-10-4-20-5-11-25-17-15-22-8-2-19(1)3-9-23-16-18-26-12-6-20;1-2-6-12-10-14-8-4-3-7-13(14)9-11(12)5-1;3*1-3-7-11-9(5-1)10-6-2-4-8-12-10;;;/h2*1-18H2;1-10H;3*1-8H;;;/q;;;;;;;2*+1/p+4. The maximum Gasteiger partial charge on any atom is 1.00 e. The monoisotopic (exact) mass is 1540 g/mol. The van der Waals surface area contributed by atoms with Crippen molar-refractivity contribution >= 4 is 21.5 Å². The summed E-state index contributed by atoms with van der Waals surface area (Å²) in [5.74, 6) is 0. The van der Waals surface area contributed by atoms with E-state index in [0.717, 1.165) is 192 Å². The van der Waals surface area contributed by atoms with Crippen LogP contribution in [0.5, 0.6) is 0 Å². The van der Waals surface area contributed by atoms with Gasteiger partial charge in [0, 0.05) is 54.2 Å². The van der Waals surface area contributed by atoms with E-state index < -0.39 is 0 Å². The second-order valence-electron chi connectivity index (χ2n) is 24.2. The Morgan fingerprint density at radius 3 is 0.438 bits per heavy atom. The van der Waals surface area contributed by atoms with Gasteiger partial charge in [0.2, 0.25) is 0 Å². The number of fused-ring (bicyclic) bond motifs is 44. The Hall–Kier alpha value is -3.77. The fourth-order valence-corrected chi connectivity index (χ4v) is 11.0. The number of quaternary nitrogens is 4. The van der Waals surface area contributed by atoms with Crippen molar-refractivity contribution in [2.24, 2.45) is 0 Å². The molecule has 0 spiro atoms. The molecule has 6 aliphatic rings. The molecule has 6 aliphatic heterocycles. The van der Waals surface area contributed by atoms with Gasteiger partial charge in [0.1, 0.15) is 78.5 Å². The average Bonchev–Trinajstić information content (AvgIpc) is 0.806. The minimum Gasteiger partial charge on any atom is -0.373 e. The number of hydrogen-bond donors (Lipinski definition) is 4. The molecule has 0 aliphatic carbocycles. The Morgan fingerprint density at radius 2 is 0.314 bits per heavy atom. The summed E-state index contributed by atoms with van der Waals surface area (Å²) < 4.78 is 68.7. The van der Waals surface area contributed by atoms with Crippen molar-refractivity contribution in [2.45, 2.75) is 0 Å². The molecule has 4 bridgehead atoms. The number of benzene rings is 3. The van der Waals surface area contributed by atoms with Crippen LogP contribution in [0.3, 0.4) is 0 Å². The van der Waals surface area contributed by atoms with Gasteiger partial charge >= 0.3 is 103 Å². The van der Waals surface area contributed by atoms with Crippen LogP contribution < -0.4 is 122 Å². The summed E-state index contributed by atoms with van der Waals surface area (Å²) in [5.41, 5.74) is 5.49. The van der Waals surface area contributed by atoms with Crippen molar-refractivity contribution in [2.75, 3.05) is 237 Å². The smallest absolute Gasteiger partial charge is 0.373 e. The molecule has 105 heavy (non-hydrogen) atoms. The van der Waals surface area contributed by atoms with Gasteiger partial charge < -0.3 is 76.4 Å². The van der Waals surface area contributed by atoms with Crippen LogP contribution in [0, 0.1) is 0 Å². The van der Waals surface area contributed by atoms with Crippen LogP contribution in [-0.4, -0.2) is 267 Å². The number of aromatic nitrogens is 6. The molecule has 15 rings (SSSR count). The summed E-state index contributed by atoms with van der Waals surface area (Å²) in [6.07, 6.45) is 10.6. The maximum absolute atomic E-state index is 5.73. The number of hydrogen-bond acceptors (Lipinski definition) is 18. The average molecular weight is 1540 g/mol. The van der Waals surface area contributed by atoms with Crippen LogP contribution in [-0.2, 0) is 73.9 Å². The van der Waals surface area contributed by atoms with Crippen LogP contribution in [0.15, 0.2) is 207 Å². The maximum atomic E-state index is 5.73. The minimum absolute atomic E-state index is 0. The second-order valence-corrected chi connectivity index (χ2v) is 24.2. The number of nitrogens with zero attached hydrogens (tertiary/aromatic N) is 6. The molecule has 0 radical (unpaired) electrons. The first-order chi connectivity index (χ1) is 50.7.